The summed E-state index contributed by atoms with van der Waals surface area (Å²) in [6.07, 6.45) is 12.1. The molecule has 0 radical (unpaired) electrons. The molecule has 3 heteroatoms. The number of nitrogens with zero attached hydrogens (tertiary/aromatic N) is 2. The van der Waals surface area contributed by atoms with E-state index in [0.717, 1.165) is 12.8 Å². The largest absolute Gasteiger partial charge is 0.315 e. The van der Waals surface area contributed by atoms with Crippen LogP contribution in [0.2, 0.25) is 5.82 Å². The van der Waals surface area contributed by atoms with E-state index in [1.54, 1.807) is 0 Å². The maximum absolute atomic E-state index is 2.69. The molecule has 2 aliphatic heterocycles. The molecule has 67 heavy (non-hydrogen) atoms. The molecular weight excluding hydrogens is 808 g/mol. The molecule has 2 heterocycles. The summed E-state index contributed by atoms with van der Waals surface area (Å²) in [7, 11) is 0. The van der Waals surface area contributed by atoms with Crippen LogP contribution < -0.4 is 15.3 Å². The van der Waals surface area contributed by atoms with E-state index in [1.807, 2.05) is 0 Å². The predicted octanol–water partition coefficient (Wildman–Crippen LogP) is 16.2. The molecule has 4 aliphatic rings. The first-order valence-electron chi connectivity index (χ1n) is 24.4. The SMILES string of the molecule is CC(C)(C)C1=CCC2B3C4=C(CC(c5ccccc5)C=C4)N(c4cccc(-c5ccccc5)c4)c4cc(C(C)(c5ccccc5)c5ccccc5)cc(c43)N(c3cccc(C(C)(C)C)c3)C2=C1. The van der Waals surface area contributed by atoms with Crippen molar-refractivity contribution in [1.82, 2.24) is 0 Å². The molecule has 0 aromatic heterocycles. The van der Waals surface area contributed by atoms with Crippen LogP contribution >= 0.6 is 0 Å². The number of fused-ring (bicyclic) bond motifs is 3. The van der Waals surface area contributed by atoms with E-state index in [9.17, 15) is 0 Å². The molecule has 0 fully saturated rings. The first-order valence-corrected chi connectivity index (χ1v) is 24.4. The topological polar surface area (TPSA) is 6.48 Å². The van der Waals surface area contributed by atoms with Crippen molar-refractivity contribution >= 4 is 34.9 Å². The second-order valence-electron chi connectivity index (χ2n) is 21.5. The first kappa shape index (κ1) is 42.8. The van der Waals surface area contributed by atoms with Crippen molar-refractivity contribution in [3.05, 3.63) is 257 Å². The zero-order valence-electron chi connectivity index (χ0n) is 40.2. The van der Waals surface area contributed by atoms with Gasteiger partial charge in [-0.25, -0.2) is 0 Å². The van der Waals surface area contributed by atoms with Crippen molar-refractivity contribution in [2.75, 3.05) is 9.80 Å². The molecular formula is C64H61BN2. The molecule has 0 saturated heterocycles. The maximum atomic E-state index is 2.69. The monoisotopic (exact) mass is 868 g/mol. The van der Waals surface area contributed by atoms with E-state index in [4.69, 9.17) is 0 Å². The van der Waals surface area contributed by atoms with Gasteiger partial charge in [-0.05, 0) is 129 Å². The first-order chi connectivity index (χ1) is 32.4. The fourth-order valence-corrected chi connectivity index (χ4v) is 11.6. The van der Waals surface area contributed by atoms with E-state index in [2.05, 4.69) is 265 Å². The number of rotatable bonds is 7. The average Bonchev–Trinajstić information content (AvgIpc) is 3.36. The fraction of sp³-hybridized carbons (Fsp3) is 0.219. The normalized spacial score (nSPS) is 17.9. The van der Waals surface area contributed by atoms with Gasteiger partial charge >= 0.3 is 0 Å². The fourth-order valence-electron chi connectivity index (χ4n) is 11.6. The molecule has 0 amide bonds. The van der Waals surface area contributed by atoms with E-state index in [0.29, 0.717) is 0 Å². The van der Waals surface area contributed by atoms with Crippen molar-refractivity contribution in [2.24, 2.45) is 5.41 Å². The molecule has 0 spiro atoms. The molecule has 2 nitrogen and oxygen atoms in total. The van der Waals surface area contributed by atoms with Crippen LogP contribution in [0.1, 0.15) is 95.0 Å². The Bertz CT molecular complexity index is 3070. The summed E-state index contributed by atoms with van der Waals surface area (Å²) < 4.78 is 0. The summed E-state index contributed by atoms with van der Waals surface area (Å²) in [6, 6.07) is 68.3. The summed E-state index contributed by atoms with van der Waals surface area (Å²) in [5, 5.41) is 0. The minimum Gasteiger partial charge on any atom is -0.315 e. The molecule has 7 aromatic carbocycles. The van der Waals surface area contributed by atoms with Gasteiger partial charge in [-0.3, -0.25) is 0 Å². The number of benzene rings is 7. The van der Waals surface area contributed by atoms with Crippen molar-refractivity contribution in [1.29, 1.82) is 0 Å². The van der Waals surface area contributed by atoms with Gasteiger partial charge in [0.25, 0.3) is 0 Å². The van der Waals surface area contributed by atoms with Crippen LogP contribution in [0, 0.1) is 5.41 Å². The van der Waals surface area contributed by atoms with Gasteiger partial charge in [-0.1, -0.05) is 211 Å². The summed E-state index contributed by atoms with van der Waals surface area (Å²) in [5.41, 5.74) is 20.5. The summed E-state index contributed by atoms with van der Waals surface area (Å²) >= 11 is 0. The van der Waals surface area contributed by atoms with Crippen LogP contribution in [-0.2, 0) is 10.8 Å². The third-order valence-corrected chi connectivity index (χ3v) is 15.3. The third-order valence-electron chi connectivity index (χ3n) is 15.3. The second-order valence-corrected chi connectivity index (χ2v) is 21.5. The summed E-state index contributed by atoms with van der Waals surface area (Å²) in [5.74, 6) is 0.480. The highest BCUT2D eigenvalue weighted by atomic mass is 15.2. The Labute approximate surface area is 399 Å². The Morgan fingerprint density at radius 2 is 1.06 bits per heavy atom. The van der Waals surface area contributed by atoms with E-state index < -0.39 is 5.41 Å². The Balaban J connectivity index is 1.26. The van der Waals surface area contributed by atoms with Crippen LogP contribution in [0.3, 0.4) is 0 Å². The second kappa shape index (κ2) is 16.5. The van der Waals surface area contributed by atoms with Gasteiger partial charge in [0.05, 0.1) is 0 Å². The zero-order valence-corrected chi connectivity index (χ0v) is 40.2. The quantitative estimate of drug-likeness (QED) is 0.116. The van der Waals surface area contributed by atoms with E-state index in [-0.39, 0.29) is 29.3 Å². The minimum atomic E-state index is -0.484. The van der Waals surface area contributed by atoms with Gasteiger partial charge in [-0.2, -0.15) is 0 Å². The van der Waals surface area contributed by atoms with Gasteiger partial charge in [-0.15, -0.1) is 0 Å². The van der Waals surface area contributed by atoms with E-state index in [1.165, 1.54) is 89.6 Å². The molecule has 2 atom stereocenters. The van der Waals surface area contributed by atoms with Crippen molar-refractivity contribution < 1.29 is 0 Å². The highest BCUT2D eigenvalue weighted by Crippen LogP contribution is 2.56. The molecule has 330 valence electrons. The molecule has 0 saturated carbocycles. The smallest absolute Gasteiger partial charge is 0.226 e. The third kappa shape index (κ3) is 7.44. The van der Waals surface area contributed by atoms with Crippen LogP contribution in [-0.4, -0.2) is 6.71 Å². The maximum Gasteiger partial charge on any atom is 0.226 e. The predicted molar refractivity (Wildman–Crippen MR) is 286 cm³/mol. The van der Waals surface area contributed by atoms with Gasteiger partial charge < -0.3 is 9.80 Å². The standard InChI is InChI=1S/C64H61BN2/c1-62(2,3)50-31-21-33-54(40-50)67-58-41-51(63(4,5)6)35-37-56(58)65-55-36-34-47(45-24-14-9-15-25-45)39-57(55)66(53-32-20-26-46(38-53)44-22-12-8-13-23-44)59-42-52(43-60(67)61(59)65)64(7,48-27-16-10-17-28-48)49-29-18-11-19-30-49/h8-36,38,40-43,47,56H,37,39H2,1-7H3. The van der Waals surface area contributed by atoms with E-state index >= 15 is 0 Å². The number of allylic oxidation sites excluding steroid dienone is 8. The van der Waals surface area contributed by atoms with Crippen LogP contribution in [0.5, 0.6) is 0 Å². The van der Waals surface area contributed by atoms with Gasteiger partial charge in [0.15, 0.2) is 0 Å². The van der Waals surface area contributed by atoms with Gasteiger partial charge in [0.2, 0.25) is 6.71 Å². The van der Waals surface area contributed by atoms with Crippen LogP contribution in [0.15, 0.2) is 229 Å². The Morgan fingerprint density at radius 3 is 1.69 bits per heavy atom. The highest BCUT2D eigenvalue weighted by Gasteiger charge is 2.50. The molecule has 0 bridgehead atoms. The molecule has 7 aromatic rings. The number of anilines is 4. The number of hydrogen-bond donors (Lipinski definition) is 0. The Hall–Kier alpha value is -6.84. The molecule has 11 rings (SSSR count). The minimum absolute atomic E-state index is 0.00537. The number of hydrogen-bond acceptors (Lipinski definition) is 2. The lowest BCUT2D eigenvalue weighted by Crippen LogP contribution is -2.54. The molecule has 2 unspecified atom stereocenters. The summed E-state index contributed by atoms with van der Waals surface area (Å²) in [4.78, 5) is 5.38. The zero-order chi connectivity index (χ0) is 46.1. The Morgan fingerprint density at radius 1 is 0.507 bits per heavy atom. The summed E-state index contributed by atoms with van der Waals surface area (Å²) in [6.45, 7) is 16.7. The van der Waals surface area contributed by atoms with Crippen molar-refractivity contribution in [3.8, 4) is 11.1 Å². The van der Waals surface area contributed by atoms with Gasteiger partial charge in [0, 0.05) is 45.5 Å². The molecule has 2 aliphatic carbocycles. The molecule has 0 N–H and O–H groups in total. The Kier molecular flexibility index (Phi) is 10.5. The average molecular weight is 869 g/mol. The van der Waals surface area contributed by atoms with Crippen molar-refractivity contribution in [2.45, 2.75) is 83.9 Å². The lowest BCUT2D eigenvalue weighted by Gasteiger charge is -2.51. The highest BCUT2D eigenvalue weighted by molar-refractivity contribution is 6.86. The van der Waals surface area contributed by atoms with Gasteiger partial charge in [0.1, 0.15) is 0 Å². The lowest BCUT2D eigenvalue weighted by molar-refractivity contribution is 0.510. The van der Waals surface area contributed by atoms with Crippen molar-refractivity contribution in [3.63, 3.8) is 0 Å². The van der Waals surface area contributed by atoms with Crippen LogP contribution in [0.25, 0.3) is 11.1 Å². The van der Waals surface area contributed by atoms with Crippen LogP contribution in [0.4, 0.5) is 22.7 Å². The lowest BCUT2D eigenvalue weighted by atomic mass is 9.28.